The molecule has 116 valence electrons. The Morgan fingerprint density at radius 3 is 2.74 bits per heavy atom. The highest BCUT2D eigenvalue weighted by molar-refractivity contribution is 5.89. The van der Waals surface area contributed by atoms with E-state index in [9.17, 15) is 4.39 Å². The Kier molecular flexibility index (Phi) is 3.41. The highest BCUT2D eigenvalue weighted by Gasteiger charge is 2.24. The molecule has 2 nitrogen and oxygen atoms in total. The van der Waals surface area contributed by atoms with Crippen LogP contribution in [0.15, 0.2) is 54.6 Å². The van der Waals surface area contributed by atoms with Gasteiger partial charge in [0, 0.05) is 11.1 Å². The van der Waals surface area contributed by atoms with Crippen LogP contribution in [0.2, 0.25) is 0 Å². The molecule has 1 atom stereocenters. The second-order valence-corrected chi connectivity index (χ2v) is 5.80. The van der Waals surface area contributed by atoms with Gasteiger partial charge in [0.1, 0.15) is 23.4 Å². The summed E-state index contributed by atoms with van der Waals surface area (Å²) < 4.78 is 25.4. The average Bonchev–Trinajstić information content (AvgIpc) is 2.61. The molecule has 0 N–H and O–H groups in total. The second kappa shape index (κ2) is 5.58. The smallest absolute Gasteiger partial charge is 0.130 e. The van der Waals surface area contributed by atoms with Crippen molar-refractivity contribution in [1.82, 2.24) is 0 Å². The largest absolute Gasteiger partial charge is 0.497 e. The number of fused-ring (bicyclic) bond motifs is 3. The first kappa shape index (κ1) is 14.1. The van der Waals surface area contributed by atoms with E-state index in [1.54, 1.807) is 19.2 Å². The Morgan fingerprint density at radius 1 is 1.09 bits per heavy atom. The molecular formula is C20H17FO2. The van der Waals surface area contributed by atoms with Gasteiger partial charge in [-0.05, 0) is 47.9 Å². The minimum atomic E-state index is -0.230. The molecule has 0 aliphatic carbocycles. The van der Waals surface area contributed by atoms with E-state index in [-0.39, 0.29) is 11.9 Å². The molecule has 0 amide bonds. The van der Waals surface area contributed by atoms with E-state index < -0.39 is 0 Å². The minimum Gasteiger partial charge on any atom is -0.497 e. The SMILES string of the molecule is COc1ccc2ccc3c(c2c1)CCC(c1ccccc1F)O3. The molecule has 3 heteroatoms. The van der Waals surface area contributed by atoms with Crippen LogP contribution in [-0.2, 0) is 6.42 Å². The zero-order chi connectivity index (χ0) is 15.8. The molecule has 0 radical (unpaired) electrons. The summed E-state index contributed by atoms with van der Waals surface area (Å²) in [6.45, 7) is 0. The van der Waals surface area contributed by atoms with Gasteiger partial charge in [0.15, 0.2) is 0 Å². The van der Waals surface area contributed by atoms with Crippen LogP contribution in [-0.4, -0.2) is 7.11 Å². The molecule has 1 aliphatic heterocycles. The molecule has 0 spiro atoms. The van der Waals surface area contributed by atoms with E-state index in [0.717, 1.165) is 35.1 Å². The van der Waals surface area contributed by atoms with Crippen molar-refractivity contribution in [2.75, 3.05) is 7.11 Å². The lowest BCUT2D eigenvalue weighted by Gasteiger charge is -2.27. The predicted octanol–water partition coefficient (Wildman–Crippen LogP) is 5.05. The number of aryl methyl sites for hydroxylation is 1. The fourth-order valence-electron chi connectivity index (χ4n) is 3.28. The lowest BCUT2D eigenvalue weighted by atomic mass is 9.93. The van der Waals surface area contributed by atoms with E-state index in [4.69, 9.17) is 9.47 Å². The molecule has 0 saturated carbocycles. The maximum absolute atomic E-state index is 14.0. The van der Waals surface area contributed by atoms with E-state index in [0.29, 0.717) is 5.56 Å². The van der Waals surface area contributed by atoms with E-state index in [1.165, 1.54) is 11.6 Å². The van der Waals surface area contributed by atoms with Crippen molar-refractivity contribution in [2.45, 2.75) is 18.9 Å². The Morgan fingerprint density at radius 2 is 1.91 bits per heavy atom. The van der Waals surface area contributed by atoms with Crippen molar-refractivity contribution >= 4 is 10.8 Å². The monoisotopic (exact) mass is 308 g/mol. The molecule has 0 saturated heterocycles. The summed E-state index contributed by atoms with van der Waals surface area (Å²) in [7, 11) is 1.67. The van der Waals surface area contributed by atoms with Crippen LogP contribution in [0.25, 0.3) is 10.8 Å². The van der Waals surface area contributed by atoms with Crippen LogP contribution < -0.4 is 9.47 Å². The first-order chi connectivity index (χ1) is 11.3. The highest BCUT2D eigenvalue weighted by Crippen LogP contribution is 2.40. The third-order valence-corrected chi connectivity index (χ3v) is 4.48. The van der Waals surface area contributed by atoms with E-state index >= 15 is 0 Å². The van der Waals surface area contributed by atoms with Crippen LogP contribution in [0.3, 0.4) is 0 Å². The van der Waals surface area contributed by atoms with Gasteiger partial charge in [-0.25, -0.2) is 4.39 Å². The molecule has 0 bridgehead atoms. The lowest BCUT2D eigenvalue weighted by molar-refractivity contribution is 0.173. The number of halogens is 1. The van der Waals surface area contributed by atoms with E-state index in [1.807, 2.05) is 30.3 Å². The van der Waals surface area contributed by atoms with Gasteiger partial charge in [-0.2, -0.15) is 0 Å². The minimum absolute atomic E-state index is 0.205. The third kappa shape index (κ3) is 2.42. The zero-order valence-electron chi connectivity index (χ0n) is 12.9. The molecule has 1 aliphatic rings. The molecule has 0 aromatic heterocycles. The predicted molar refractivity (Wildman–Crippen MR) is 88.6 cm³/mol. The van der Waals surface area contributed by atoms with Crippen molar-refractivity contribution in [3.8, 4) is 11.5 Å². The average molecular weight is 308 g/mol. The number of hydrogen-bond donors (Lipinski definition) is 0. The fraction of sp³-hybridized carbons (Fsp3) is 0.200. The summed E-state index contributed by atoms with van der Waals surface area (Å²) >= 11 is 0. The fourth-order valence-corrected chi connectivity index (χ4v) is 3.28. The summed E-state index contributed by atoms with van der Waals surface area (Å²) in [4.78, 5) is 0. The Labute approximate surface area is 134 Å². The van der Waals surface area contributed by atoms with Gasteiger partial charge in [-0.15, -0.1) is 0 Å². The quantitative estimate of drug-likeness (QED) is 0.659. The standard InChI is InChI=1S/C20H17FO2/c1-22-14-8-6-13-7-10-19-15(17(13)12-14)9-11-20(23-19)16-4-2-3-5-18(16)21/h2-8,10,12,20H,9,11H2,1H3. The number of methoxy groups -OCH3 is 1. The first-order valence-corrected chi connectivity index (χ1v) is 7.77. The highest BCUT2D eigenvalue weighted by atomic mass is 19.1. The molecule has 0 fully saturated rings. The molecule has 23 heavy (non-hydrogen) atoms. The molecule has 1 unspecified atom stereocenters. The summed E-state index contributed by atoms with van der Waals surface area (Å²) in [5, 5.41) is 2.31. The van der Waals surface area contributed by atoms with Crippen molar-refractivity contribution in [2.24, 2.45) is 0 Å². The van der Waals surface area contributed by atoms with Crippen LogP contribution in [0.1, 0.15) is 23.7 Å². The van der Waals surface area contributed by atoms with Gasteiger partial charge in [0.05, 0.1) is 7.11 Å². The number of benzene rings is 3. The summed E-state index contributed by atoms with van der Waals surface area (Å²) in [5.41, 5.74) is 1.80. The molecule has 3 aromatic rings. The van der Waals surface area contributed by atoms with Crippen molar-refractivity contribution in [3.63, 3.8) is 0 Å². The van der Waals surface area contributed by atoms with Gasteiger partial charge < -0.3 is 9.47 Å². The normalized spacial score (nSPS) is 16.7. The van der Waals surface area contributed by atoms with Gasteiger partial charge in [0.2, 0.25) is 0 Å². The topological polar surface area (TPSA) is 18.5 Å². The van der Waals surface area contributed by atoms with E-state index in [2.05, 4.69) is 6.07 Å². The third-order valence-electron chi connectivity index (χ3n) is 4.48. The van der Waals surface area contributed by atoms with Gasteiger partial charge in [-0.3, -0.25) is 0 Å². The number of hydrogen-bond acceptors (Lipinski definition) is 2. The lowest BCUT2D eigenvalue weighted by Crippen LogP contribution is -2.16. The summed E-state index contributed by atoms with van der Waals surface area (Å²) in [6.07, 6.45) is 1.40. The first-order valence-electron chi connectivity index (χ1n) is 7.77. The molecule has 4 rings (SSSR count). The van der Waals surface area contributed by atoms with Gasteiger partial charge >= 0.3 is 0 Å². The molecule has 3 aromatic carbocycles. The van der Waals surface area contributed by atoms with Crippen molar-refractivity contribution in [1.29, 1.82) is 0 Å². The van der Waals surface area contributed by atoms with Gasteiger partial charge in [0.25, 0.3) is 0 Å². The zero-order valence-corrected chi connectivity index (χ0v) is 12.9. The second-order valence-electron chi connectivity index (χ2n) is 5.80. The van der Waals surface area contributed by atoms with Crippen LogP contribution >= 0.6 is 0 Å². The maximum Gasteiger partial charge on any atom is 0.130 e. The Balaban J connectivity index is 1.76. The maximum atomic E-state index is 14.0. The summed E-state index contributed by atoms with van der Waals surface area (Å²) in [6, 6.07) is 16.9. The van der Waals surface area contributed by atoms with Crippen molar-refractivity contribution < 1.29 is 13.9 Å². The number of rotatable bonds is 2. The van der Waals surface area contributed by atoms with Crippen LogP contribution in [0, 0.1) is 5.82 Å². The Bertz CT molecular complexity index is 873. The van der Waals surface area contributed by atoms with Gasteiger partial charge in [-0.1, -0.05) is 30.3 Å². The van der Waals surface area contributed by atoms with Crippen LogP contribution in [0.4, 0.5) is 4.39 Å². The van der Waals surface area contributed by atoms with Crippen LogP contribution in [0.5, 0.6) is 11.5 Å². The summed E-state index contributed by atoms with van der Waals surface area (Å²) in [5.74, 6) is 1.47. The number of ether oxygens (including phenoxy) is 2. The molecular weight excluding hydrogens is 291 g/mol. The van der Waals surface area contributed by atoms with Crippen molar-refractivity contribution in [3.05, 3.63) is 71.5 Å². The Hall–Kier alpha value is -2.55. The molecule has 1 heterocycles.